The minimum Gasteiger partial charge on any atom is -0.483 e. The molecule has 140 valence electrons. The Balaban J connectivity index is 1.92. The van der Waals surface area contributed by atoms with Gasteiger partial charge in [0.2, 0.25) is 5.09 Å². The topological polar surface area (TPSA) is 118 Å². The molecule has 0 spiro atoms. The fraction of sp³-hybridized carbons (Fsp3) is 0.294. The average molecular weight is 380 g/mol. The number of ether oxygens (including phenoxy) is 1. The van der Waals surface area contributed by atoms with Gasteiger partial charge in [-0.1, -0.05) is 26.0 Å². The minimum absolute atomic E-state index is 0.0552. The monoisotopic (exact) mass is 380 g/mol. The Labute approximate surface area is 151 Å². The Bertz CT molecular complexity index is 915. The standard InChI is InChI=1S/C17H20N2O6S/c1-11(2)14-6-4-12(3)8-15(14)24-10-16(20)19-18-9-13-5-7-17(25-13)26(21,22)23/h4-9,11H,10H2,1-3H3,(H,19,20)(H,21,22,23)/b18-9-. The fourth-order valence-corrected chi connectivity index (χ4v) is 2.57. The molecule has 0 unspecified atom stereocenters. The first-order chi connectivity index (χ1) is 12.2. The number of benzene rings is 1. The number of aryl methyl sites for hydroxylation is 1. The summed E-state index contributed by atoms with van der Waals surface area (Å²) in [5, 5.41) is 3.05. The zero-order chi connectivity index (χ0) is 19.3. The van der Waals surface area contributed by atoms with E-state index in [1.165, 1.54) is 6.07 Å². The minimum atomic E-state index is -4.41. The number of furan rings is 1. The fourth-order valence-electron chi connectivity index (χ4n) is 2.13. The molecule has 2 rings (SSSR count). The van der Waals surface area contributed by atoms with Gasteiger partial charge in [-0.05, 0) is 42.2 Å². The van der Waals surface area contributed by atoms with Gasteiger partial charge in [-0.15, -0.1) is 0 Å². The maximum Gasteiger partial charge on any atom is 0.328 e. The van der Waals surface area contributed by atoms with Gasteiger partial charge in [0.15, 0.2) is 6.61 Å². The van der Waals surface area contributed by atoms with Crippen LogP contribution in [0.5, 0.6) is 5.75 Å². The first-order valence-corrected chi connectivity index (χ1v) is 9.23. The summed E-state index contributed by atoms with van der Waals surface area (Å²) < 4.78 is 41.0. The molecule has 1 aromatic carbocycles. The van der Waals surface area contributed by atoms with Crippen molar-refractivity contribution >= 4 is 22.2 Å². The molecular weight excluding hydrogens is 360 g/mol. The molecule has 8 nitrogen and oxygen atoms in total. The molecule has 1 heterocycles. The van der Waals surface area contributed by atoms with E-state index < -0.39 is 21.1 Å². The summed E-state index contributed by atoms with van der Waals surface area (Å²) in [6.45, 7) is 5.78. The number of carbonyl (C=O) groups excluding carboxylic acids is 1. The van der Waals surface area contributed by atoms with Crippen LogP contribution in [0, 0.1) is 6.92 Å². The van der Waals surface area contributed by atoms with Crippen molar-refractivity contribution in [3.05, 3.63) is 47.2 Å². The Morgan fingerprint density at radius 2 is 2.08 bits per heavy atom. The second-order valence-corrected chi connectivity index (χ2v) is 7.26. The van der Waals surface area contributed by atoms with Crippen LogP contribution in [0.3, 0.4) is 0 Å². The van der Waals surface area contributed by atoms with Crippen LogP contribution >= 0.6 is 0 Å². The van der Waals surface area contributed by atoms with Crippen LogP contribution in [-0.2, 0) is 14.9 Å². The van der Waals surface area contributed by atoms with Crippen LogP contribution in [0.1, 0.15) is 36.7 Å². The van der Waals surface area contributed by atoms with E-state index >= 15 is 0 Å². The number of hydrazone groups is 1. The van der Waals surface area contributed by atoms with E-state index in [1.807, 2.05) is 39.0 Å². The van der Waals surface area contributed by atoms with Crippen molar-refractivity contribution in [3.8, 4) is 5.75 Å². The van der Waals surface area contributed by atoms with Crippen molar-refractivity contribution < 1.29 is 26.9 Å². The molecule has 0 saturated heterocycles. The normalized spacial score (nSPS) is 11.9. The molecular formula is C17H20N2O6S. The predicted octanol–water partition coefficient (Wildman–Crippen LogP) is 2.49. The highest BCUT2D eigenvalue weighted by atomic mass is 32.2. The van der Waals surface area contributed by atoms with E-state index in [0.29, 0.717) is 5.75 Å². The van der Waals surface area contributed by atoms with Crippen molar-refractivity contribution in [2.24, 2.45) is 5.10 Å². The Kier molecular flexibility index (Phi) is 6.17. The molecule has 0 saturated carbocycles. The van der Waals surface area contributed by atoms with Gasteiger partial charge in [0, 0.05) is 0 Å². The number of rotatable bonds is 7. The van der Waals surface area contributed by atoms with E-state index in [9.17, 15) is 13.2 Å². The Hall–Kier alpha value is -2.65. The van der Waals surface area contributed by atoms with Gasteiger partial charge < -0.3 is 9.15 Å². The predicted molar refractivity (Wildman–Crippen MR) is 95.0 cm³/mol. The Morgan fingerprint density at radius 3 is 2.69 bits per heavy atom. The van der Waals surface area contributed by atoms with Gasteiger partial charge in [0.1, 0.15) is 11.5 Å². The maximum atomic E-state index is 11.8. The lowest BCUT2D eigenvalue weighted by Gasteiger charge is -2.14. The molecule has 1 aromatic heterocycles. The van der Waals surface area contributed by atoms with Crippen molar-refractivity contribution in [2.45, 2.75) is 31.8 Å². The summed E-state index contributed by atoms with van der Waals surface area (Å²) in [6, 6.07) is 8.18. The van der Waals surface area contributed by atoms with Crippen molar-refractivity contribution in [3.63, 3.8) is 0 Å². The summed E-state index contributed by atoms with van der Waals surface area (Å²) in [4.78, 5) is 11.8. The number of hydrogen-bond donors (Lipinski definition) is 2. The van der Waals surface area contributed by atoms with Crippen molar-refractivity contribution in [1.29, 1.82) is 0 Å². The molecule has 9 heteroatoms. The Morgan fingerprint density at radius 1 is 1.35 bits per heavy atom. The summed E-state index contributed by atoms with van der Waals surface area (Å²) in [5.74, 6) is 0.462. The zero-order valence-electron chi connectivity index (χ0n) is 14.6. The molecule has 26 heavy (non-hydrogen) atoms. The van der Waals surface area contributed by atoms with Gasteiger partial charge in [0.25, 0.3) is 5.91 Å². The molecule has 2 aromatic rings. The van der Waals surface area contributed by atoms with Gasteiger partial charge in [-0.2, -0.15) is 13.5 Å². The van der Waals surface area contributed by atoms with Crippen LogP contribution in [-0.4, -0.2) is 31.7 Å². The van der Waals surface area contributed by atoms with Gasteiger partial charge in [-0.25, -0.2) is 5.43 Å². The number of nitrogens with one attached hydrogen (secondary N) is 1. The van der Waals surface area contributed by atoms with E-state index in [1.54, 1.807) is 0 Å². The van der Waals surface area contributed by atoms with E-state index in [0.717, 1.165) is 23.4 Å². The van der Waals surface area contributed by atoms with Crippen LogP contribution in [0.25, 0.3) is 0 Å². The number of nitrogens with zero attached hydrogens (tertiary/aromatic N) is 1. The summed E-state index contributed by atoms with van der Waals surface area (Å²) in [7, 11) is -4.41. The summed E-state index contributed by atoms with van der Waals surface area (Å²) >= 11 is 0. The van der Waals surface area contributed by atoms with Crippen LogP contribution < -0.4 is 10.2 Å². The van der Waals surface area contributed by atoms with Crippen molar-refractivity contribution in [2.75, 3.05) is 6.61 Å². The first-order valence-electron chi connectivity index (χ1n) is 7.79. The first kappa shape index (κ1) is 19.7. The third-order valence-electron chi connectivity index (χ3n) is 3.39. The number of amides is 1. The van der Waals surface area contributed by atoms with Crippen LogP contribution in [0.15, 0.2) is 44.9 Å². The third-order valence-corrected chi connectivity index (χ3v) is 4.12. The molecule has 0 aliphatic heterocycles. The number of hydrogen-bond acceptors (Lipinski definition) is 6. The van der Waals surface area contributed by atoms with Crippen LogP contribution in [0.2, 0.25) is 0 Å². The largest absolute Gasteiger partial charge is 0.483 e. The molecule has 0 fully saturated rings. The third kappa shape index (κ3) is 5.43. The highest BCUT2D eigenvalue weighted by molar-refractivity contribution is 7.85. The highest BCUT2D eigenvalue weighted by Crippen LogP contribution is 2.27. The molecule has 0 atom stereocenters. The summed E-state index contributed by atoms with van der Waals surface area (Å²) in [5.41, 5.74) is 4.27. The van der Waals surface area contributed by atoms with Gasteiger partial charge in [0.05, 0.1) is 6.21 Å². The van der Waals surface area contributed by atoms with E-state index in [4.69, 9.17) is 13.7 Å². The quantitative estimate of drug-likeness (QED) is 0.433. The molecule has 0 aliphatic rings. The molecule has 0 bridgehead atoms. The molecule has 0 radical (unpaired) electrons. The molecule has 1 amide bonds. The van der Waals surface area contributed by atoms with Crippen molar-refractivity contribution in [1.82, 2.24) is 5.43 Å². The van der Waals surface area contributed by atoms with E-state index in [-0.39, 0.29) is 18.3 Å². The lowest BCUT2D eigenvalue weighted by atomic mass is 10.0. The smallest absolute Gasteiger partial charge is 0.328 e. The molecule has 2 N–H and O–H groups in total. The van der Waals surface area contributed by atoms with Gasteiger partial charge >= 0.3 is 10.1 Å². The second kappa shape index (κ2) is 8.15. The zero-order valence-corrected chi connectivity index (χ0v) is 15.4. The lowest BCUT2D eigenvalue weighted by Crippen LogP contribution is -2.24. The average Bonchev–Trinajstić information content (AvgIpc) is 3.02. The lowest BCUT2D eigenvalue weighted by molar-refractivity contribution is -0.123. The number of carbonyl (C=O) groups is 1. The summed E-state index contributed by atoms with van der Waals surface area (Å²) in [6.07, 6.45) is 1.11. The second-order valence-electron chi connectivity index (χ2n) is 5.91. The van der Waals surface area contributed by atoms with Crippen LogP contribution in [0.4, 0.5) is 0 Å². The maximum absolute atomic E-state index is 11.8. The van der Waals surface area contributed by atoms with E-state index in [2.05, 4.69) is 10.5 Å². The molecule has 0 aliphatic carbocycles. The highest BCUT2D eigenvalue weighted by Gasteiger charge is 2.14. The SMILES string of the molecule is Cc1ccc(C(C)C)c(OCC(=O)N/N=C\c2ccc(S(=O)(=O)O)o2)c1. The van der Waals surface area contributed by atoms with Gasteiger partial charge in [-0.3, -0.25) is 9.35 Å².